The Morgan fingerprint density at radius 3 is 2.35 bits per heavy atom. The number of H-pyrrole nitrogens is 1. The third-order valence-electron chi connectivity index (χ3n) is 4.68. The second-order valence-electron chi connectivity index (χ2n) is 7.26. The van der Waals surface area contributed by atoms with E-state index in [-0.39, 0.29) is 10.6 Å². The number of hydrogen-bond acceptors (Lipinski definition) is 6. The van der Waals surface area contributed by atoms with E-state index in [0.717, 1.165) is 34.1 Å². The highest BCUT2D eigenvalue weighted by Crippen LogP contribution is 2.29. The van der Waals surface area contributed by atoms with Gasteiger partial charge < -0.3 is 4.98 Å². The summed E-state index contributed by atoms with van der Waals surface area (Å²) < 4.78 is 28.0. The zero-order valence-corrected chi connectivity index (χ0v) is 18.4. The summed E-state index contributed by atoms with van der Waals surface area (Å²) in [5.41, 5.74) is 7.18. The minimum Gasteiger partial charge on any atom is -0.362 e. The monoisotopic (exact) mass is 441 g/mol. The van der Waals surface area contributed by atoms with Crippen molar-refractivity contribution in [1.29, 1.82) is 0 Å². The highest BCUT2D eigenvalue weighted by atomic mass is 32.2. The van der Waals surface area contributed by atoms with Crippen molar-refractivity contribution in [2.75, 3.05) is 10.1 Å². The van der Waals surface area contributed by atoms with E-state index >= 15 is 0 Å². The SMILES string of the molecule is Cc1ccc(NS(=O)(=O)c2ccc(NN=Cc3cc(C)[nH]c3C)c([N+](=O)[O-])c2)c(C)c1. The first-order valence-electron chi connectivity index (χ1n) is 9.40. The van der Waals surface area contributed by atoms with Crippen LogP contribution in [0.3, 0.4) is 0 Å². The number of aromatic amines is 1. The van der Waals surface area contributed by atoms with Gasteiger partial charge >= 0.3 is 0 Å². The summed E-state index contributed by atoms with van der Waals surface area (Å²) in [4.78, 5) is 13.8. The van der Waals surface area contributed by atoms with Crippen molar-refractivity contribution in [3.05, 3.63) is 80.7 Å². The van der Waals surface area contributed by atoms with Crippen LogP contribution in [-0.4, -0.2) is 24.5 Å². The maximum absolute atomic E-state index is 12.8. The molecule has 3 aromatic rings. The Labute approximate surface area is 180 Å². The van der Waals surface area contributed by atoms with Crippen LogP contribution in [0.15, 0.2) is 52.5 Å². The molecule has 1 aromatic heterocycles. The molecule has 0 spiro atoms. The number of aryl methyl sites for hydroxylation is 4. The van der Waals surface area contributed by atoms with Crippen molar-refractivity contribution in [1.82, 2.24) is 4.98 Å². The Bertz CT molecular complexity index is 1280. The van der Waals surface area contributed by atoms with Gasteiger partial charge in [-0.1, -0.05) is 17.7 Å². The standard InChI is InChI=1S/C21H23N5O4S/c1-13-5-7-19(14(2)9-13)25-31(29,30)18-6-8-20(21(11-18)26(27)28)24-22-12-17-10-15(3)23-16(17)4/h5-12,23-25H,1-4H3. The molecular weight excluding hydrogens is 418 g/mol. The number of nitro groups is 1. The summed E-state index contributed by atoms with van der Waals surface area (Å²) in [7, 11) is -4.01. The number of anilines is 2. The number of nitrogens with zero attached hydrogens (tertiary/aromatic N) is 2. The second kappa shape index (κ2) is 8.60. The van der Waals surface area contributed by atoms with Gasteiger partial charge in [0, 0.05) is 23.0 Å². The predicted octanol–water partition coefficient (Wildman–Crippen LogP) is 4.40. The molecule has 9 nitrogen and oxygen atoms in total. The van der Waals surface area contributed by atoms with Gasteiger partial charge in [0.15, 0.2) is 0 Å². The Morgan fingerprint density at radius 1 is 1.03 bits per heavy atom. The van der Waals surface area contributed by atoms with Gasteiger partial charge in [0.2, 0.25) is 0 Å². The molecule has 0 bridgehead atoms. The molecule has 31 heavy (non-hydrogen) atoms. The molecule has 0 amide bonds. The van der Waals surface area contributed by atoms with E-state index in [1.807, 2.05) is 32.9 Å². The molecule has 162 valence electrons. The average molecular weight is 442 g/mol. The molecule has 3 N–H and O–H groups in total. The van der Waals surface area contributed by atoms with Crippen LogP contribution in [0, 0.1) is 37.8 Å². The van der Waals surface area contributed by atoms with Gasteiger partial charge in [-0.05, 0) is 57.5 Å². The molecule has 0 aliphatic rings. The smallest absolute Gasteiger partial charge is 0.295 e. The molecule has 0 unspecified atom stereocenters. The zero-order valence-electron chi connectivity index (χ0n) is 17.6. The Morgan fingerprint density at radius 2 is 1.74 bits per heavy atom. The molecule has 0 aliphatic heterocycles. The summed E-state index contributed by atoms with van der Waals surface area (Å²) in [6, 6.07) is 10.8. The molecule has 2 aromatic carbocycles. The number of hydrazone groups is 1. The van der Waals surface area contributed by atoms with Crippen molar-refractivity contribution in [2.45, 2.75) is 32.6 Å². The summed E-state index contributed by atoms with van der Waals surface area (Å²) in [6.45, 7) is 7.49. The first-order chi connectivity index (χ1) is 14.6. The normalized spacial score (nSPS) is 11.6. The molecular formula is C21H23N5O4S. The van der Waals surface area contributed by atoms with Crippen molar-refractivity contribution in [3.8, 4) is 0 Å². The molecule has 0 aliphatic carbocycles. The Hall–Kier alpha value is -3.66. The Kier molecular flexibility index (Phi) is 6.11. The lowest BCUT2D eigenvalue weighted by atomic mass is 10.1. The summed E-state index contributed by atoms with van der Waals surface area (Å²) in [6.07, 6.45) is 1.54. The lowest BCUT2D eigenvalue weighted by Crippen LogP contribution is -2.14. The third kappa shape index (κ3) is 5.10. The zero-order chi connectivity index (χ0) is 22.8. The lowest BCUT2D eigenvalue weighted by Gasteiger charge is -2.12. The van der Waals surface area contributed by atoms with E-state index in [0.29, 0.717) is 5.69 Å². The molecule has 0 atom stereocenters. The van der Waals surface area contributed by atoms with Crippen LogP contribution in [0.25, 0.3) is 0 Å². The molecule has 0 saturated carbocycles. The quantitative estimate of drug-likeness (QED) is 0.284. The highest BCUT2D eigenvalue weighted by molar-refractivity contribution is 7.92. The van der Waals surface area contributed by atoms with Crippen LogP contribution in [-0.2, 0) is 10.0 Å². The van der Waals surface area contributed by atoms with Gasteiger partial charge in [0.25, 0.3) is 15.7 Å². The maximum atomic E-state index is 12.8. The minimum absolute atomic E-state index is 0.0802. The number of sulfonamides is 1. The van der Waals surface area contributed by atoms with Crippen LogP contribution in [0.5, 0.6) is 0 Å². The number of aromatic nitrogens is 1. The average Bonchev–Trinajstić information content (AvgIpc) is 3.01. The van der Waals surface area contributed by atoms with E-state index in [1.54, 1.807) is 19.1 Å². The molecule has 10 heteroatoms. The number of hydrogen-bond donors (Lipinski definition) is 3. The topological polar surface area (TPSA) is 129 Å². The van der Waals surface area contributed by atoms with Crippen LogP contribution < -0.4 is 10.1 Å². The van der Waals surface area contributed by atoms with Crippen LogP contribution in [0.4, 0.5) is 17.1 Å². The van der Waals surface area contributed by atoms with Crippen LogP contribution in [0.1, 0.15) is 28.1 Å². The molecule has 0 radical (unpaired) electrons. The molecule has 3 rings (SSSR count). The predicted molar refractivity (Wildman–Crippen MR) is 121 cm³/mol. The van der Waals surface area contributed by atoms with Crippen LogP contribution in [0.2, 0.25) is 0 Å². The molecule has 0 saturated heterocycles. The molecule has 1 heterocycles. The Balaban J connectivity index is 1.87. The first-order valence-corrected chi connectivity index (χ1v) is 10.9. The fraction of sp³-hybridized carbons (Fsp3) is 0.190. The fourth-order valence-corrected chi connectivity index (χ4v) is 4.26. The van der Waals surface area contributed by atoms with Gasteiger partial charge in [-0.15, -0.1) is 0 Å². The van der Waals surface area contributed by atoms with Gasteiger partial charge in [-0.3, -0.25) is 20.3 Å². The van der Waals surface area contributed by atoms with E-state index in [4.69, 9.17) is 0 Å². The van der Waals surface area contributed by atoms with Crippen molar-refractivity contribution >= 4 is 33.3 Å². The van der Waals surface area contributed by atoms with Gasteiger partial charge in [-0.25, -0.2) is 8.42 Å². The summed E-state index contributed by atoms with van der Waals surface area (Å²) in [5.74, 6) is 0. The van der Waals surface area contributed by atoms with E-state index in [1.165, 1.54) is 18.3 Å². The fourth-order valence-electron chi connectivity index (χ4n) is 3.11. The minimum atomic E-state index is -4.01. The lowest BCUT2D eigenvalue weighted by molar-refractivity contribution is -0.384. The number of benzene rings is 2. The first kappa shape index (κ1) is 22.0. The van der Waals surface area contributed by atoms with Crippen LogP contribution >= 0.6 is 0 Å². The molecule has 0 fully saturated rings. The van der Waals surface area contributed by atoms with Crippen molar-refractivity contribution in [3.63, 3.8) is 0 Å². The second-order valence-corrected chi connectivity index (χ2v) is 8.95. The van der Waals surface area contributed by atoms with E-state index in [9.17, 15) is 18.5 Å². The van der Waals surface area contributed by atoms with Crippen molar-refractivity contribution < 1.29 is 13.3 Å². The number of rotatable bonds is 7. The van der Waals surface area contributed by atoms with Gasteiger partial charge in [0.05, 0.1) is 21.7 Å². The largest absolute Gasteiger partial charge is 0.362 e. The summed E-state index contributed by atoms with van der Waals surface area (Å²) >= 11 is 0. The van der Waals surface area contributed by atoms with E-state index < -0.39 is 20.6 Å². The van der Waals surface area contributed by atoms with Gasteiger partial charge in [0.1, 0.15) is 5.69 Å². The maximum Gasteiger partial charge on any atom is 0.295 e. The number of nitrogens with one attached hydrogen (secondary N) is 3. The highest BCUT2D eigenvalue weighted by Gasteiger charge is 2.22. The number of nitro benzene ring substituents is 1. The van der Waals surface area contributed by atoms with E-state index in [2.05, 4.69) is 20.2 Å². The van der Waals surface area contributed by atoms with Gasteiger partial charge in [-0.2, -0.15) is 5.10 Å². The van der Waals surface area contributed by atoms with Crippen molar-refractivity contribution in [2.24, 2.45) is 5.10 Å². The third-order valence-corrected chi connectivity index (χ3v) is 6.04. The summed E-state index contributed by atoms with van der Waals surface area (Å²) in [5, 5.41) is 15.6.